The van der Waals surface area contributed by atoms with Crippen molar-refractivity contribution in [3.63, 3.8) is 0 Å². The van der Waals surface area contributed by atoms with Crippen LogP contribution >= 0.6 is 15.9 Å². The number of aryl methyl sites for hydroxylation is 1. The Hall–Kier alpha value is -3.45. The average molecular weight is 505 g/mol. The number of methoxy groups -OCH3 is 1. The molecule has 33 heavy (non-hydrogen) atoms. The summed E-state index contributed by atoms with van der Waals surface area (Å²) < 4.78 is 6.25. The van der Waals surface area contributed by atoms with E-state index in [2.05, 4.69) is 50.5 Å². The van der Waals surface area contributed by atoms with Crippen LogP contribution in [0, 0.1) is 0 Å². The van der Waals surface area contributed by atoms with Crippen molar-refractivity contribution < 1.29 is 9.53 Å². The lowest BCUT2D eigenvalue weighted by atomic mass is 10.1. The van der Waals surface area contributed by atoms with E-state index in [1.807, 2.05) is 48.5 Å². The van der Waals surface area contributed by atoms with Crippen LogP contribution in [0.2, 0.25) is 0 Å². The van der Waals surface area contributed by atoms with Crippen molar-refractivity contribution in [1.82, 2.24) is 15.0 Å². The molecule has 1 amide bonds. The third kappa shape index (κ3) is 5.68. The Balaban J connectivity index is 1.47. The summed E-state index contributed by atoms with van der Waals surface area (Å²) in [5.41, 5.74) is 5.15. The van der Waals surface area contributed by atoms with Crippen molar-refractivity contribution in [2.75, 3.05) is 12.4 Å². The molecule has 0 radical (unpaired) electrons. The summed E-state index contributed by atoms with van der Waals surface area (Å²) in [5, 5.41) is 12.0. The summed E-state index contributed by atoms with van der Waals surface area (Å²) in [5.74, 6) is 0.449. The first kappa shape index (κ1) is 22.7. The summed E-state index contributed by atoms with van der Waals surface area (Å²) in [7, 11) is 1.60. The van der Waals surface area contributed by atoms with Gasteiger partial charge in [-0.15, -0.1) is 10.2 Å². The summed E-state index contributed by atoms with van der Waals surface area (Å²) >= 11 is 3.44. The molecule has 0 bridgehead atoms. The molecular formula is C26H25BrN4O2. The largest absolute Gasteiger partial charge is 0.496 e. The van der Waals surface area contributed by atoms with Gasteiger partial charge in [0.1, 0.15) is 16.8 Å². The van der Waals surface area contributed by atoms with Crippen LogP contribution in [0.25, 0.3) is 22.8 Å². The third-order valence-corrected chi connectivity index (χ3v) is 5.73. The predicted octanol–water partition coefficient (Wildman–Crippen LogP) is 6.19. The van der Waals surface area contributed by atoms with Crippen LogP contribution in [0.3, 0.4) is 0 Å². The number of fused-ring (bicyclic) bond motifs is 1. The molecule has 0 aliphatic heterocycles. The first-order valence-electron chi connectivity index (χ1n) is 10.8. The first-order chi connectivity index (χ1) is 16.1. The number of nitrogens with one attached hydrogen (secondary N) is 1. The van der Waals surface area contributed by atoms with Crippen LogP contribution in [0.4, 0.5) is 5.69 Å². The molecule has 0 spiro atoms. The number of ether oxygens (including phenoxy) is 1. The van der Waals surface area contributed by atoms with Crippen molar-refractivity contribution in [2.45, 2.75) is 26.2 Å². The van der Waals surface area contributed by atoms with Gasteiger partial charge in [-0.3, -0.25) is 4.79 Å². The quantitative estimate of drug-likeness (QED) is 0.290. The molecule has 7 heteroatoms. The van der Waals surface area contributed by atoms with Crippen LogP contribution in [-0.4, -0.2) is 28.0 Å². The van der Waals surface area contributed by atoms with Gasteiger partial charge in [0.25, 0.3) is 0 Å². The number of benzene rings is 3. The smallest absolute Gasteiger partial charge is 0.248 e. The van der Waals surface area contributed by atoms with Crippen molar-refractivity contribution in [1.29, 1.82) is 0 Å². The van der Waals surface area contributed by atoms with Gasteiger partial charge >= 0.3 is 0 Å². The Morgan fingerprint density at radius 1 is 1.06 bits per heavy atom. The Labute approximate surface area is 201 Å². The van der Waals surface area contributed by atoms with Gasteiger partial charge in [0.2, 0.25) is 5.91 Å². The highest BCUT2D eigenvalue weighted by molar-refractivity contribution is 9.10. The molecule has 168 valence electrons. The van der Waals surface area contributed by atoms with Crippen molar-refractivity contribution in [3.05, 3.63) is 82.3 Å². The second-order valence-electron chi connectivity index (χ2n) is 7.67. The minimum absolute atomic E-state index is 0.244. The lowest BCUT2D eigenvalue weighted by molar-refractivity contribution is -0.111. The highest BCUT2D eigenvalue weighted by atomic mass is 79.9. The second-order valence-corrected chi connectivity index (χ2v) is 8.59. The number of anilines is 1. The summed E-state index contributed by atoms with van der Waals surface area (Å²) in [4.78, 5) is 14.1. The fraction of sp³-hybridized carbons (Fsp3) is 0.192. The summed E-state index contributed by atoms with van der Waals surface area (Å²) in [6, 6.07) is 19.4. The molecule has 1 aromatic heterocycles. The molecule has 1 N–H and O–H groups in total. The van der Waals surface area contributed by atoms with Crippen LogP contribution in [0.1, 0.15) is 30.9 Å². The zero-order valence-corrected chi connectivity index (χ0v) is 20.2. The molecule has 3 aromatic carbocycles. The van der Waals surface area contributed by atoms with E-state index < -0.39 is 0 Å². The number of hydrogen-bond donors (Lipinski definition) is 1. The van der Waals surface area contributed by atoms with E-state index in [1.165, 1.54) is 24.5 Å². The zero-order valence-electron chi connectivity index (χ0n) is 18.6. The number of rotatable bonds is 8. The molecule has 0 aliphatic rings. The van der Waals surface area contributed by atoms with Crippen LogP contribution in [0.5, 0.6) is 5.75 Å². The molecule has 0 atom stereocenters. The number of unbranched alkanes of at least 4 members (excludes halogenated alkanes) is 1. The predicted molar refractivity (Wildman–Crippen MR) is 136 cm³/mol. The Kier molecular flexibility index (Phi) is 7.19. The second kappa shape index (κ2) is 10.4. The molecule has 0 fully saturated rings. The van der Waals surface area contributed by atoms with E-state index in [0.29, 0.717) is 17.0 Å². The van der Waals surface area contributed by atoms with Gasteiger partial charge in [0.15, 0.2) is 0 Å². The Bertz CT molecular complexity index is 1300. The maximum Gasteiger partial charge on any atom is 0.248 e. The highest BCUT2D eigenvalue weighted by Crippen LogP contribution is 2.24. The van der Waals surface area contributed by atoms with Crippen molar-refractivity contribution in [2.24, 2.45) is 0 Å². The summed E-state index contributed by atoms with van der Waals surface area (Å²) in [6.07, 6.45) is 6.64. The SMILES string of the molecule is CCCCc1ccc(-n2nc3ccc(NC(=O)/C=C/c4cc(Br)ccc4OC)cc3n2)cc1. The number of halogens is 1. The third-order valence-electron chi connectivity index (χ3n) is 5.24. The normalized spacial score (nSPS) is 11.2. The summed E-state index contributed by atoms with van der Waals surface area (Å²) in [6.45, 7) is 2.19. The topological polar surface area (TPSA) is 69.0 Å². The number of hydrogen-bond acceptors (Lipinski definition) is 4. The van der Waals surface area contributed by atoms with E-state index in [9.17, 15) is 4.79 Å². The Morgan fingerprint density at radius 3 is 2.61 bits per heavy atom. The minimum Gasteiger partial charge on any atom is -0.496 e. The molecule has 4 rings (SSSR count). The highest BCUT2D eigenvalue weighted by Gasteiger charge is 2.08. The number of carbonyl (C=O) groups excluding carboxylic acids is 1. The molecule has 0 saturated carbocycles. The average Bonchev–Trinajstić information content (AvgIpc) is 3.25. The van der Waals surface area contributed by atoms with E-state index in [4.69, 9.17) is 4.74 Å². The van der Waals surface area contributed by atoms with E-state index in [-0.39, 0.29) is 5.91 Å². The Morgan fingerprint density at radius 2 is 1.85 bits per heavy atom. The van der Waals surface area contributed by atoms with Crippen LogP contribution < -0.4 is 10.1 Å². The lowest BCUT2D eigenvalue weighted by Crippen LogP contribution is -2.07. The van der Waals surface area contributed by atoms with E-state index in [0.717, 1.165) is 27.7 Å². The van der Waals surface area contributed by atoms with Crippen LogP contribution in [-0.2, 0) is 11.2 Å². The fourth-order valence-corrected chi connectivity index (χ4v) is 3.85. The number of aromatic nitrogens is 3. The maximum absolute atomic E-state index is 12.4. The van der Waals surface area contributed by atoms with E-state index in [1.54, 1.807) is 18.0 Å². The van der Waals surface area contributed by atoms with E-state index >= 15 is 0 Å². The van der Waals surface area contributed by atoms with Gasteiger partial charge in [-0.25, -0.2) is 0 Å². The molecular weight excluding hydrogens is 480 g/mol. The van der Waals surface area contributed by atoms with Gasteiger partial charge < -0.3 is 10.1 Å². The van der Waals surface area contributed by atoms with Crippen LogP contribution in [0.15, 0.2) is 71.2 Å². The zero-order chi connectivity index (χ0) is 23.2. The monoisotopic (exact) mass is 504 g/mol. The van der Waals surface area contributed by atoms with Gasteiger partial charge in [-0.1, -0.05) is 41.4 Å². The fourth-order valence-electron chi connectivity index (χ4n) is 3.47. The molecule has 1 heterocycles. The number of amides is 1. The molecule has 6 nitrogen and oxygen atoms in total. The minimum atomic E-state index is -0.244. The molecule has 0 aliphatic carbocycles. The first-order valence-corrected chi connectivity index (χ1v) is 11.6. The van der Waals surface area contributed by atoms with Gasteiger partial charge in [-0.2, -0.15) is 4.80 Å². The lowest BCUT2D eigenvalue weighted by Gasteiger charge is -2.05. The molecule has 0 saturated heterocycles. The van der Waals surface area contributed by atoms with Crippen molar-refractivity contribution >= 4 is 44.6 Å². The molecule has 4 aromatic rings. The maximum atomic E-state index is 12.4. The van der Waals surface area contributed by atoms with Gasteiger partial charge in [-0.05, 0) is 73.0 Å². The standard InChI is InChI=1S/C26H25BrN4O2/c1-3-4-5-18-6-11-22(12-7-18)31-29-23-13-10-21(17-24(23)30-31)28-26(32)15-8-19-16-20(27)9-14-25(19)33-2/h6-17H,3-5H2,1-2H3,(H,28,32)/b15-8+. The van der Waals surface area contributed by atoms with Gasteiger partial charge in [0.05, 0.1) is 12.8 Å². The van der Waals surface area contributed by atoms with Gasteiger partial charge in [0, 0.05) is 21.8 Å². The van der Waals surface area contributed by atoms with Crippen molar-refractivity contribution in [3.8, 4) is 11.4 Å². The number of nitrogens with zero attached hydrogens (tertiary/aromatic N) is 3. The number of carbonyl (C=O) groups is 1. The molecule has 0 unspecified atom stereocenters.